The smallest absolute Gasteiger partial charge is 0.161 e. The zero-order valence-corrected chi connectivity index (χ0v) is 14.2. The molecule has 1 heterocycles. The van der Waals surface area contributed by atoms with Gasteiger partial charge in [0.25, 0.3) is 0 Å². The number of benzene rings is 1. The van der Waals surface area contributed by atoms with E-state index in [2.05, 4.69) is 18.2 Å². The van der Waals surface area contributed by atoms with Gasteiger partial charge in [-0.2, -0.15) is 0 Å². The van der Waals surface area contributed by atoms with Crippen LogP contribution >= 0.6 is 0 Å². The van der Waals surface area contributed by atoms with Crippen molar-refractivity contribution >= 4 is 0 Å². The van der Waals surface area contributed by atoms with E-state index in [1.807, 2.05) is 0 Å². The van der Waals surface area contributed by atoms with Gasteiger partial charge in [-0.1, -0.05) is 25.3 Å². The van der Waals surface area contributed by atoms with Gasteiger partial charge >= 0.3 is 0 Å². The third kappa shape index (κ3) is 3.64. The fourth-order valence-corrected chi connectivity index (χ4v) is 3.91. The summed E-state index contributed by atoms with van der Waals surface area (Å²) in [5.41, 5.74) is 7.58. The summed E-state index contributed by atoms with van der Waals surface area (Å²) in [5, 5.41) is 0. The monoisotopic (exact) mass is 319 g/mol. The first-order valence-electron chi connectivity index (χ1n) is 8.90. The molecule has 3 rings (SSSR count). The molecule has 1 aromatic carbocycles. The molecular formula is C19H29NO3. The first kappa shape index (κ1) is 16.6. The van der Waals surface area contributed by atoms with Crippen molar-refractivity contribution in [2.75, 3.05) is 26.9 Å². The lowest BCUT2D eigenvalue weighted by atomic mass is 9.69. The molecule has 0 spiro atoms. The average Bonchev–Trinajstić information content (AvgIpc) is 2.63. The van der Waals surface area contributed by atoms with Crippen LogP contribution in [0.5, 0.6) is 11.5 Å². The van der Waals surface area contributed by atoms with Crippen molar-refractivity contribution in [3.63, 3.8) is 0 Å². The molecule has 1 saturated carbocycles. The van der Waals surface area contributed by atoms with E-state index in [-0.39, 0.29) is 11.5 Å². The summed E-state index contributed by atoms with van der Waals surface area (Å²) < 4.78 is 17.2. The maximum atomic E-state index is 6.16. The predicted molar refractivity (Wildman–Crippen MR) is 91.3 cm³/mol. The van der Waals surface area contributed by atoms with Crippen molar-refractivity contribution < 1.29 is 14.2 Å². The largest absolute Gasteiger partial charge is 0.493 e. The topological polar surface area (TPSA) is 53.7 Å². The summed E-state index contributed by atoms with van der Waals surface area (Å²) in [6, 6.07) is 6.40. The Kier molecular flexibility index (Phi) is 5.44. The molecule has 1 aliphatic heterocycles. The molecule has 1 aliphatic carbocycles. The average molecular weight is 319 g/mol. The van der Waals surface area contributed by atoms with Crippen molar-refractivity contribution in [3.8, 4) is 11.5 Å². The second-order valence-electron chi connectivity index (χ2n) is 6.84. The van der Waals surface area contributed by atoms with Crippen LogP contribution in [0, 0.1) is 0 Å². The van der Waals surface area contributed by atoms with Crippen LogP contribution in [0.25, 0.3) is 0 Å². The molecule has 2 N–H and O–H groups in total. The number of nitrogens with two attached hydrogens (primary N) is 1. The third-order valence-corrected chi connectivity index (χ3v) is 5.44. The second-order valence-corrected chi connectivity index (χ2v) is 6.84. The van der Waals surface area contributed by atoms with Crippen LogP contribution in [-0.4, -0.2) is 33.0 Å². The van der Waals surface area contributed by atoms with Gasteiger partial charge in [-0.25, -0.2) is 0 Å². The molecule has 4 heteroatoms. The van der Waals surface area contributed by atoms with E-state index in [1.165, 1.54) is 37.7 Å². The van der Waals surface area contributed by atoms with Gasteiger partial charge < -0.3 is 19.9 Å². The lowest BCUT2D eigenvalue weighted by molar-refractivity contribution is 0.0245. The van der Waals surface area contributed by atoms with Crippen molar-refractivity contribution in [2.24, 2.45) is 5.73 Å². The molecule has 23 heavy (non-hydrogen) atoms. The number of hydrogen-bond acceptors (Lipinski definition) is 4. The van der Waals surface area contributed by atoms with Crippen LogP contribution in [0.3, 0.4) is 0 Å². The Morgan fingerprint density at radius 1 is 1.13 bits per heavy atom. The highest BCUT2D eigenvalue weighted by Gasteiger charge is 2.33. The van der Waals surface area contributed by atoms with E-state index in [9.17, 15) is 0 Å². The first-order valence-corrected chi connectivity index (χ1v) is 8.90. The van der Waals surface area contributed by atoms with Crippen molar-refractivity contribution in [1.29, 1.82) is 0 Å². The number of methoxy groups -OCH3 is 1. The summed E-state index contributed by atoms with van der Waals surface area (Å²) >= 11 is 0. The van der Waals surface area contributed by atoms with E-state index < -0.39 is 0 Å². The Morgan fingerprint density at radius 3 is 2.52 bits per heavy atom. The van der Waals surface area contributed by atoms with Crippen LogP contribution in [0.4, 0.5) is 0 Å². The standard InChI is InChI=1S/C19H29NO3/c1-21-18-13-15(19(14-20)9-3-2-4-10-19)5-6-17(18)23-16-7-11-22-12-8-16/h5-6,13,16H,2-4,7-12,14,20H2,1H3. The highest BCUT2D eigenvalue weighted by Crippen LogP contribution is 2.42. The van der Waals surface area contributed by atoms with Crippen LogP contribution < -0.4 is 15.2 Å². The van der Waals surface area contributed by atoms with E-state index in [1.54, 1.807) is 7.11 Å². The minimum atomic E-state index is 0.114. The Morgan fingerprint density at radius 2 is 1.87 bits per heavy atom. The van der Waals surface area contributed by atoms with Gasteiger partial charge in [-0.3, -0.25) is 0 Å². The zero-order valence-electron chi connectivity index (χ0n) is 14.2. The number of rotatable bonds is 5. The molecule has 0 radical (unpaired) electrons. The van der Waals surface area contributed by atoms with Gasteiger partial charge in [0.1, 0.15) is 6.10 Å². The summed E-state index contributed by atoms with van der Waals surface area (Å²) in [5.74, 6) is 1.67. The lowest BCUT2D eigenvalue weighted by Gasteiger charge is -2.37. The normalized spacial score (nSPS) is 21.8. The molecule has 2 fully saturated rings. The Balaban J connectivity index is 1.80. The van der Waals surface area contributed by atoms with Gasteiger partial charge in [-0.05, 0) is 30.5 Å². The second kappa shape index (κ2) is 7.54. The maximum Gasteiger partial charge on any atom is 0.161 e. The minimum absolute atomic E-state index is 0.114. The summed E-state index contributed by atoms with van der Waals surface area (Å²) in [6.45, 7) is 2.26. The Bertz CT molecular complexity index is 505. The predicted octanol–water partition coefficient (Wildman–Crippen LogP) is 3.41. The van der Waals surface area contributed by atoms with Gasteiger partial charge in [0, 0.05) is 24.8 Å². The van der Waals surface area contributed by atoms with E-state index in [4.69, 9.17) is 19.9 Å². The molecule has 1 aromatic rings. The SMILES string of the molecule is COc1cc(C2(CN)CCCCC2)ccc1OC1CCOCC1. The fraction of sp³-hybridized carbons (Fsp3) is 0.684. The highest BCUT2D eigenvalue weighted by molar-refractivity contribution is 5.45. The number of ether oxygens (including phenoxy) is 3. The van der Waals surface area contributed by atoms with Crippen molar-refractivity contribution in [3.05, 3.63) is 23.8 Å². The molecule has 0 aromatic heterocycles. The van der Waals surface area contributed by atoms with Crippen LogP contribution in [0.2, 0.25) is 0 Å². The quantitative estimate of drug-likeness (QED) is 0.903. The summed E-state index contributed by atoms with van der Waals surface area (Å²) in [7, 11) is 1.71. The van der Waals surface area contributed by atoms with Gasteiger partial charge in [0.15, 0.2) is 11.5 Å². The fourth-order valence-electron chi connectivity index (χ4n) is 3.91. The molecule has 2 aliphatic rings. The summed E-state index contributed by atoms with van der Waals surface area (Å²) in [6.07, 6.45) is 8.31. The Labute approximate surface area is 139 Å². The van der Waals surface area contributed by atoms with Crippen LogP contribution in [-0.2, 0) is 10.2 Å². The van der Waals surface area contributed by atoms with E-state index >= 15 is 0 Å². The minimum Gasteiger partial charge on any atom is -0.493 e. The molecule has 0 bridgehead atoms. The van der Waals surface area contributed by atoms with Crippen molar-refractivity contribution in [1.82, 2.24) is 0 Å². The molecule has 0 atom stereocenters. The molecule has 0 unspecified atom stereocenters. The van der Waals surface area contributed by atoms with Crippen molar-refractivity contribution in [2.45, 2.75) is 56.5 Å². The van der Waals surface area contributed by atoms with Gasteiger partial charge in [0.05, 0.1) is 20.3 Å². The molecule has 1 saturated heterocycles. The van der Waals surface area contributed by atoms with Crippen LogP contribution in [0.1, 0.15) is 50.5 Å². The molecule has 4 nitrogen and oxygen atoms in total. The number of hydrogen-bond donors (Lipinski definition) is 1. The zero-order chi connectivity index (χ0) is 16.1. The molecular weight excluding hydrogens is 290 g/mol. The Hall–Kier alpha value is -1.26. The highest BCUT2D eigenvalue weighted by atomic mass is 16.5. The third-order valence-electron chi connectivity index (χ3n) is 5.44. The maximum absolute atomic E-state index is 6.16. The van der Waals surface area contributed by atoms with Crippen LogP contribution in [0.15, 0.2) is 18.2 Å². The lowest BCUT2D eigenvalue weighted by Crippen LogP contribution is -2.37. The summed E-state index contributed by atoms with van der Waals surface area (Å²) in [4.78, 5) is 0. The molecule has 0 amide bonds. The molecule has 128 valence electrons. The van der Waals surface area contributed by atoms with Gasteiger partial charge in [-0.15, -0.1) is 0 Å². The van der Waals surface area contributed by atoms with E-state index in [0.717, 1.165) is 37.6 Å². The first-order chi connectivity index (χ1) is 11.3. The van der Waals surface area contributed by atoms with Gasteiger partial charge in [0.2, 0.25) is 0 Å². The van der Waals surface area contributed by atoms with E-state index in [0.29, 0.717) is 6.54 Å².